The highest BCUT2D eigenvalue weighted by Crippen LogP contribution is 2.41. The molecule has 0 radical (unpaired) electrons. The van der Waals surface area contributed by atoms with Gasteiger partial charge in [-0.3, -0.25) is 10.4 Å². The molecule has 1 aliphatic heterocycles. The Balaban J connectivity index is 1.89. The van der Waals surface area contributed by atoms with Gasteiger partial charge in [0, 0.05) is 0 Å². The van der Waals surface area contributed by atoms with E-state index in [2.05, 4.69) is 10.4 Å². The van der Waals surface area contributed by atoms with Crippen molar-refractivity contribution in [3.8, 4) is 0 Å². The number of hydrogen-bond acceptors (Lipinski definition) is 3. The van der Waals surface area contributed by atoms with Gasteiger partial charge in [0.2, 0.25) is 0 Å². The molecule has 3 nitrogen and oxygen atoms in total. The van der Waals surface area contributed by atoms with Crippen molar-refractivity contribution in [1.29, 1.82) is 0 Å². The average Bonchev–Trinajstić information content (AvgIpc) is 3.13. The fourth-order valence-electron chi connectivity index (χ4n) is 3.05. The first-order valence-corrected chi connectivity index (χ1v) is 10.4. The summed E-state index contributed by atoms with van der Waals surface area (Å²) in [5.74, 6) is -1.92. The molecule has 0 fully saturated rings. The molecular formula is C20H16Cl4F3N3. The summed E-state index contributed by atoms with van der Waals surface area (Å²) in [6.07, 6.45) is 0.0856. The number of allylic oxidation sites excluding steroid dienone is 1. The van der Waals surface area contributed by atoms with Gasteiger partial charge >= 0.3 is 6.18 Å². The topological polar surface area (TPSA) is 27.6 Å². The molecule has 0 saturated carbocycles. The highest BCUT2D eigenvalue weighted by atomic mass is 35.5. The minimum absolute atomic E-state index is 0.0132. The van der Waals surface area contributed by atoms with Gasteiger partial charge < -0.3 is 0 Å². The largest absolute Gasteiger partial charge is 0.399 e. The monoisotopic (exact) mass is 495 g/mol. The van der Waals surface area contributed by atoms with Crippen molar-refractivity contribution in [3.05, 3.63) is 67.6 Å². The molecule has 2 aromatic carbocycles. The number of benzene rings is 2. The van der Waals surface area contributed by atoms with E-state index in [9.17, 15) is 13.2 Å². The van der Waals surface area contributed by atoms with Crippen LogP contribution < -0.4 is 10.4 Å². The molecule has 0 aliphatic carbocycles. The van der Waals surface area contributed by atoms with E-state index in [0.29, 0.717) is 16.3 Å². The first-order chi connectivity index (χ1) is 14.1. The summed E-state index contributed by atoms with van der Waals surface area (Å²) >= 11 is 24.0. The molecule has 10 heteroatoms. The van der Waals surface area contributed by atoms with Gasteiger partial charge in [-0.1, -0.05) is 71.5 Å². The Hall–Kier alpha value is -1.60. The Bertz CT molecular complexity index is 969. The van der Waals surface area contributed by atoms with E-state index < -0.39 is 12.1 Å². The normalized spacial score (nSPS) is 17.6. The van der Waals surface area contributed by atoms with Gasteiger partial charge in [0.05, 0.1) is 31.7 Å². The Morgan fingerprint density at radius 1 is 1.10 bits per heavy atom. The first-order valence-electron chi connectivity index (χ1n) is 8.87. The fourth-order valence-corrected chi connectivity index (χ4v) is 3.94. The van der Waals surface area contributed by atoms with E-state index in [1.54, 1.807) is 29.5 Å². The van der Waals surface area contributed by atoms with Crippen LogP contribution in [0.3, 0.4) is 0 Å². The van der Waals surface area contributed by atoms with Gasteiger partial charge in [-0.05, 0) is 41.8 Å². The maximum Gasteiger partial charge on any atom is 0.399 e. The summed E-state index contributed by atoms with van der Waals surface area (Å²) in [5.41, 5.74) is 4.08. The van der Waals surface area contributed by atoms with E-state index in [-0.39, 0.29) is 26.8 Å². The summed E-state index contributed by atoms with van der Waals surface area (Å²) in [5, 5.41) is 2.11. The lowest BCUT2D eigenvalue weighted by molar-refractivity contribution is -0.139. The first kappa shape index (κ1) is 23.1. The van der Waals surface area contributed by atoms with E-state index in [1.807, 2.05) is 6.92 Å². The van der Waals surface area contributed by atoms with Crippen molar-refractivity contribution in [3.63, 3.8) is 0 Å². The molecule has 0 bridgehead atoms. The summed E-state index contributed by atoms with van der Waals surface area (Å²) < 4.78 is 41.0. The van der Waals surface area contributed by atoms with Crippen LogP contribution >= 0.6 is 46.4 Å². The minimum Gasteiger partial charge on any atom is -0.286 e. The Kier molecular flexibility index (Phi) is 7.13. The van der Waals surface area contributed by atoms with Gasteiger partial charge in [-0.15, -0.1) is 0 Å². The van der Waals surface area contributed by atoms with Gasteiger partial charge in [0.1, 0.15) is 12.5 Å². The number of nitrogens with zero attached hydrogens (tertiary/aromatic N) is 2. The van der Waals surface area contributed by atoms with Crippen molar-refractivity contribution in [2.75, 3.05) is 5.01 Å². The molecule has 3 rings (SSSR count). The Labute approximate surface area is 192 Å². The van der Waals surface area contributed by atoms with Crippen LogP contribution in [0.15, 0.2) is 41.4 Å². The van der Waals surface area contributed by atoms with Gasteiger partial charge in [-0.2, -0.15) is 13.2 Å². The quantitative estimate of drug-likeness (QED) is 0.428. The third kappa shape index (κ3) is 4.99. The number of hydrogen-bond donors (Lipinski definition) is 1. The third-order valence-electron chi connectivity index (χ3n) is 4.54. The van der Waals surface area contributed by atoms with Crippen LogP contribution in [0.2, 0.25) is 20.1 Å². The van der Waals surface area contributed by atoms with Crippen molar-refractivity contribution < 1.29 is 13.2 Å². The maximum atomic E-state index is 13.7. The van der Waals surface area contributed by atoms with Crippen LogP contribution in [-0.2, 0) is 0 Å². The molecule has 1 aliphatic rings. The molecule has 0 saturated heterocycles. The van der Waals surface area contributed by atoms with Crippen molar-refractivity contribution in [2.24, 2.45) is 4.99 Å². The molecule has 1 heterocycles. The van der Waals surface area contributed by atoms with E-state index in [1.165, 1.54) is 6.08 Å². The van der Waals surface area contributed by atoms with E-state index in [4.69, 9.17) is 46.4 Å². The van der Waals surface area contributed by atoms with Crippen molar-refractivity contribution in [2.45, 2.75) is 31.6 Å². The average molecular weight is 497 g/mol. The molecule has 0 spiro atoms. The zero-order valence-corrected chi connectivity index (χ0v) is 18.5. The van der Waals surface area contributed by atoms with Crippen LogP contribution in [-0.4, -0.2) is 18.7 Å². The summed E-state index contributed by atoms with van der Waals surface area (Å²) in [7, 11) is 0. The molecule has 0 aromatic heterocycles. The fraction of sp³-hybridized carbons (Fsp3) is 0.250. The van der Waals surface area contributed by atoms with Crippen LogP contribution in [0.1, 0.15) is 30.4 Å². The van der Waals surface area contributed by atoms with Gasteiger partial charge in [0.25, 0.3) is 0 Å². The van der Waals surface area contributed by atoms with E-state index >= 15 is 0 Å². The summed E-state index contributed by atoms with van der Waals surface area (Å²) in [6.45, 7) is 1.99. The number of anilines is 1. The lowest BCUT2D eigenvalue weighted by atomic mass is 9.97. The standard InChI is InChI=1S/C20H16Cl4F3N3/c1-2-18-28-10-29-30(18)17-6-4-11(7-14(17)21)3-5-13(20(25,26)27)12-8-15(22)19(24)16(23)9-12/h3-10,13,18H,2H2,1H3,(H,28,29). The van der Waals surface area contributed by atoms with Crippen LogP contribution in [0.5, 0.6) is 0 Å². The zero-order valence-electron chi connectivity index (χ0n) is 15.5. The smallest absolute Gasteiger partial charge is 0.286 e. The second kappa shape index (κ2) is 9.27. The molecule has 2 unspecified atom stereocenters. The predicted molar refractivity (Wildman–Crippen MR) is 119 cm³/mol. The second-order valence-electron chi connectivity index (χ2n) is 6.55. The van der Waals surface area contributed by atoms with Crippen molar-refractivity contribution in [1.82, 2.24) is 5.43 Å². The highest BCUT2D eigenvalue weighted by Gasteiger charge is 2.39. The number of aliphatic imine (C=N–C) groups is 1. The minimum atomic E-state index is -4.55. The van der Waals surface area contributed by atoms with Crippen molar-refractivity contribution >= 4 is 64.5 Å². The molecular weight excluding hydrogens is 481 g/mol. The molecule has 0 amide bonds. The number of nitrogens with one attached hydrogen (secondary N) is 1. The summed E-state index contributed by atoms with van der Waals surface area (Å²) in [6, 6.07) is 7.33. The number of halogens is 7. The Morgan fingerprint density at radius 3 is 2.33 bits per heavy atom. The zero-order chi connectivity index (χ0) is 22.1. The lowest BCUT2D eigenvalue weighted by Crippen LogP contribution is -2.38. The molecule has 160 valence electrons. The summed E-state index contributed by atoms with van der Waals surface area (Å²) in [4.78, 5) is 4.28. The third-order valence-corrected chi connectivity index (χ3v) is 6.04. The maximum absolute atomic E-state index is 13.7. The SMILES string of the molecule is CCC1N=CNN1c1ccc(C=CC(c2cc(Cl)c(Cl)c(Cl)c2)C(F)(F)F)cc1Cl. The predicted octanol–water partition coefficient (Wildman–Crippen LogP) is 7.75. The number of rotatable bonds is 5. The van der Waals surface area contributed by atoms with Gasteiger partial charge in [-0.25, -0.2) is 4.99 Å². The lowest BCUT2D eigenvalue weighted by Gasteiger charge is -2.25. The highest BCUT2D eigenvalue weighted by molar-refractivity contribution is 6.48. The second-order valence-corrected chi connectivity index (χ2v) is 8.15. The van der Waals surface area contributed by atoms with Crippen LogP contribution in [0.4, 0.5) is 18.9 Å². The number of alkyl halides is 3. The molecule has 30 heavy (non-hydrogen) atoms. The molecule has 2 atom stereocenters. The number of hydrazine groups is 1. The molecule has 1 N–H and O–H groups in total. The molecule has 2 aromatic rings. The van der Waals surface area contributed by atoms with E-state index in [0.717, 1.165) is 24.6 Å². The van der Waals surface area contributed by atoms with Gasteiger partial charge in [0.15, 0.2) is 0 Å². The van der Waals surface area contributed by atoms with Crippen LogP contribution in [0, 0.1) is 0 Å². The Morgan fingerprint density at radius 2 is 1.77 bits per heavy atom. The van der Waals surface area contributed by atoms with Crippen LogP contribution in [0.25, 0.3) is 6.08 Å².